The minimum absolute atomic E-state index is 0.139. The summed E-state index contributed by atoms with van der Waals surface area (Å²) in [7, 11) is 3.36. The molecule has 0 fully saturated rings. The molecule has 1 aromatic heterocycles. The van der Waals surface area contributed by atoms with E-state index in [0.717, 1.165) is 22.7 Å². The Hall–Kier alpha value is -2.14. The van der Waals surface area contributed by atoms with Gasteiger partial charge in [-0.1, -0.05) is 45.0 Å². The van der Waals surface area contributed by atoms with Crippen LogP contribution in [0.4, 0.5) is 5.69 Å². The molecule has 0 spiro atoms. The van der Waals surface area contributed by atoms with E-state index in [1.165, 1.54) is 4.68 Å². The summed E-state index contributed by atoms with van der Waals surface area (Å²) in [6.45, 7) is 7.02. The Labute approximate surface area is 132 Å². The number of anilines is 1. The number of benzene rings is 1. The van der Waals surface area contributed by atoms with Crippen LogP contribution >= 0.6 is 0 Å². The van der Waals surface area contributed by atoms with Crippen LogP contribution in [0, 0.1) is 5.92 Å². The molecule has 1 heterocycles. The molecular weight excluding hydrogens is 276 g/mol. The normalized spacial score (nSPS) is 10.1. The first-order valence-electron chi connectivity index (χ1n) is 7.44. The van der Waals surface area contributed by atoms with Crippen molar-refractivity contribution in [1.29, 1.82) is 0 Å². The van der Waals surface area contributed by atoms with Crippen LogP contribution in [0.25, 0.3) is 11.3 Å². The van der Waals surface area contributed by atoms with Crippen molar-refractivity contribution in [3.8, 4) is 11.3 Å². The molecule has 0 atom stereocenters. The standard InChI is InChI=1S/C13H16N4O.C4H10/c1-15-12-7-11(16-17(2)13(12)18)10-5-3-9(8-14)4-6-10;1-4(2)3/h3-7,15H,8,14H2,1-2H3;4H,1-3H3. The monoisotopic (exact) mass is 302 g/mol. The summed E-state index contributed by atoms with van der Waals surface area (Å²) >= 11 is 0. The molecule has 2 rings (SSSR count). The second-order valence-electron chi connectivity index (χ2n) is 5.76. The SMILES string of the molecule is CC(C)C.CNc1cc(-c2ccc(CN)cc2)nn(C)c1=O. The van der Waals surface area contributed by atoms with E-state index in [9.17, 15) is 4.79 Å². The number of nitrogens with zero attached hydrogens (tertiary/aromatic N) is 2. The number of aryl methyl sites for hydroxylation is 1. The van der Waals surface area contributed by atoms with Crippen molar-refractivity contribution in [3.05, 3.63) is 46.2 Å². The van der Waals surface area contributed by atoms with Gasteiger partial charge in [0.15, 0.2) is 0 Å². The number of nitrogens with one attached hydrogen (secondary N) is 1. The van der Waals surface area contributed by atoms with Gasteiger partial charge in [0.1, 0.15) is 5.69 Å². The third kappa shape index (κ3) is 5.00. The first-order valence-corrected chi connectivity index (χ1v) is 7.44. The highest BCUT2D eigenvalue weighted by Gasteiger charge is 2.06. The summed E-state index contributed by atoms with van der Waals surface area (Å²) < 4.78 is 1.33. The smallest absolute Gasteiger partial charge is 0.289 e. The van der Waals surface area contributed by atoms with E-state index in [4.69, 9.17) is 5.73 Å². The number of aromatic nitrogens is 2. The Kier molecular flexibility index (Phi) is 6.79. The van der Waals surface area contributed by atoms with Gasteiger partial charge in [-0.05, 0) is 17.5 Å². The third-order valence-corrected chi connectivity index (χ3v) is 2.82. The molecule has 0 saturated carbocycles. The summed E-state index contributed by atoms with van der Waals surface area (Å²) in [5, 5.41) is 7.12. The highest BCUT2D eigenvalue weighted by molar-refractivity contribution is 5.63. The van der Waals surface area contributed by atoms with Gasteiger partial charge in [0.25, 0.3) is 5.56 Å². The third-order valence-electron chi connectivity index (χ3n) is 2.82. The molecular formula is C17H26N4O. The van der Waals surface area contributed by atoms with Crippen LogP contribution in [-0.4, -0.2) is 16.8 Å². The average Bonchev–Trinajstić information content (AvgIpc) is 2.49. The van der Waals surface area contributed by atoms with Gasteiger partial charge in [-0.3, -0.25) is 4.79 Å². The van der Waals surface area contributed by atoms with Crippen molar-refractivity contribution in [3.63, 3.8) is 0 Å². The molecule has 0 aliphatic heterocycles. The van der Waals surface area contributed by atoms with E-state index < -0.39 is 0 Å². The second kappa shape index (κ2) is 8.34. The van der Waals surface area contributed by atoms with Gasteiger partial charge < -0.3 is 11.1 Å². The van der Waals surface area contributed by atoms with Crippen LogP contribution in [0.1, 0.15) is 26.3 Å². The first kappa shape index (κ1) is 17.9. The van der Waals surface area contributed by atoms with Crippen LogP contribution in [-0.2, 0) is 13.6 Å². The van der Waals surface area contributed by atoms with E-state index in [2.05, 4.69) is 31.2 Å². The zero-order chi connectivity index (χ0) is 16.7. The molecule has 5 heteroatoms. The Morgan fingerprint density at radius 3 is 2.23 bits per heavy atom. The highest BCUT2D eigenvalue weighted by atomic mass is 16.1. The van der Waals surface area contributed by atoms with Crippen molar-refractivity contribution in [2.75, 3.05) is 12.4 Å². The van der Waals surface area contributed by atoms with Gasteiger partial charge in [-0.15, -0.1) is 0 Å². The Balaban J connectivity index is 0.000000541. The quantitative estimate of drug-likeness (QED) is 0.914. The van der Waals surface area contributed by atoms with Gasteiger partial charge in [0.2, 0.25) is 0 Å². The first-order chi connectivity index (χ1) is 10.4. The second-order valence-corrected chi connectivity index (χ2v) is 5.76. The fourth-order valence-corrected chi connectivity index (χ4v) is 1.74. The fourth-order valence-electron chi connectivity index (χ4n) is 1.74. The number of hydrogen-bond acceptors (Lipinski definition) is 4. The lowest BCUT2D eigenvalue weighted by Gasteiger charge is -2.07. The lowest BCUT2D eigenvalue weighted by atomic mass is 10.1. The van der Waals surface area contributed by atoms with Crippen molar-refractivity contribution in [2.24, 2.45) is 18.7 Å². The van der Waals surface area contributed by atoms with Crippen molar-refractivity contribution < 1.29 is 0 Å². The number of nitrogens with two attached hydrogens (primary N) is 1. The summed E-state index contributed by atoms with van der Waals surface area (Å²) in [5.74, 6) is 0.833. The van der Waals surface area contributed by atoms with Crippen LogP contribution in [0.15, 0.2) is 35.1 Å². The van der Waals surface area contributed by atoms with Crippen LogP contribution in [0.2, 0.25) is 0 Å². The minimum atomic E-state index is -0.139. The van der Waals surface area contributed by atoms with Crippen molar-refractivity contribution in [1.82, 2.24) is 9.78 Å². The van der Waals surface area contributed by atoms with E-state index in [-0.39, 0.29) is 5.56 Å². The Morgan fingerprint density at radius 1 is 1.23 bits per heavy atom. The molecule has 3 N–H and O–H groups in total. The summed E-state index contributed by atoms with van der Waals surface area (Å²) in [6, 6.07) is 9.57. The molecule has 120 valence electrons. The molecule has 0 bridgehead atoms. The van der Waals surface area contributed by atoms with E-state index in [1.807, 2.05) is 24.3 Å². The highest BCUT2D eigenvalue weighted by Crippen LogP contribution is 2.18. The molecule has 0 radical (unpaired) electrons. The zero-order valence-electron chi connectivity index (χ0n) is 14.1. The van der Waals surface area contributed by atoms with Gasteiger partial charge >= 0.3 is 0 Å². The van der Waals surface area contributed by atoms with Gasteiger partial charge in [-0.25, -0.2) is 4.68 Å². The van der Waals surface area contributed by atoms with Crippen LogP contribution < -0.4 is 16.6 Å². The van der Waals surface area contributed by atoms with Gasteiger partial charge in [-0.2, -0.15) is 5.10 Å². The molecule has 0 aliphatic rings. The molecule has 0 amide bonds. The van der Waals surface area contributed by atoms with Crippen LogP contribution in [0.3, 0.4) is 0 Å². The number of hydrogen-bond donors (Lipinski definition) is 2. The van der Waals surface area contributed by atoms with E-state index in [0.29, 0.717) is 12.2 Å². The zero-order valence-corrected chi connectivity index (χ0v) is 14.1. The topological polar surface area (TPSA) is 72.9 Å². The Bertz CT molecular complexity index is 642. The molecule has 0 saturated heterocycles. The maximum absolute atomic E-state index is 11.7. The minimum Gasteiger partial charge on any atom is -0.384 e. The van der Waals surface area contributed by atoms with Crippen LogP contribution in [0.5, 0.6) is 0 Å². The molecule has 5 nitrogen and oxygen atoms in total. The lowest BCUT2D eigenvalue weighted by molar-refractivity contribution is 0.714. The van der Waals surface area contributed by atoms with Crippen molar-refractivity contribution >= 4 is 5.69 Å². The van der Waals surface area contributed by atoms with Gasteiger partial charge in [0, 0.05) is 26.2 Å². The average molecular weight is 302 g/mol. The summed E-state index contributed by atoms with van der Waals surface area (Å²) in [5.41, 5.74) is 8.73. The molecule has 0 aliphatic carbocycles. The van der Waals surface area contributed by atoms with Gasteiger partial charge in [0.05, 0.1) is 5.69 Å². The predicted octanol–water partition coefficient (Wildman–Crippen LogP) is 2.61. The van der Waals surface area contributed by atoms with E-state index >= 15 is 0 Å². The van der Waals surface area contributed by atoms with Crippen molar-refractivity contribution in [2.45, 2.75) is 27.3 Å². The lowest BCUT2D eigenvalue weighted by Crippen LogP contribution is -2.22. The molecule has 0 unspecified atom stereocenters. The molecule has 1 aromatic carbocycles. The largest absolute Gasteiger partial charge is 0.384 e. The molecule has 2 aromatic rings. The molecule has 22 heavy (non-hydrogen) atoms. The Morgan fingerprint density at radius 2 is 1.77 bits per heavy atom. The summed E-state index contributed by atoms with van der Waals surface area (Å²) in [4.78, 5) is 11.7. The van der Waals surface area contributed by atoms with E-state index in [1.54, 1.807) is 20.2 Å². The maximum atomic E-state index is 11.7. The summed E-state index contributed by atoms with van der Waals surface area (Å²) in [6.07, 6.45) is 0. The number of rotatable bonds is 3. The fraction of sp³-hybridized carbons (Fsp3) is 0.412. The maximum Gasteiger partial charge on any atom is 0.289 e. The predicted molar refractivity (Wildman–Crippen MR) is 92.9 cm³/mol.